The van der Waals surface area contributed by atoms with Crippen molar-refractivity contribution in [1.82, 2.24) is 25.0 Å². The van der Waals surface area contributed by atoms with Gasteiger partial charge < -0.3 is 15.2 Å². The highest BCUT2D eigenvalue weighted by Gasteiger charge is 2.26. The number of hydrogen-bond donors (Lipinski definition) is 2. The smallest absolute Gasteiger partial charge is 0.238 e. The lowest BCUT2D eigenvalue weighted by molar-refractivity contribution is -0.117. The van der Waals surface area contributed by atoms with Crippen LogP contribution in [0.4, 0.5) is 10.1 Å². The van der Waals surface area contributed by atoms with E-state index < -0.39 is 5.82 Å². The van der Waals surface area contributed by atoms with E-state index in [0.717, 1.165) is 57.1 Å². The number of hydrogen-bond acceptors (Lipinski definition) is 5. The van der Waals surface area contributed by atoms with Crippen molar-refractivity contribution in [2.45, 2.75) is 31.8 Å². The van der Waals surface area contributed by atoms with Gasteiger partial charge in [-0.05, 0) is 31.5 Å². The number of aromatic nitrogens is 3. The van der Waals surface area contributed by atoms with Crippen LogP contribution in [0.3, 0.4) is 0 Å². The molecule has 4 rings (SSSR count). The lowest BCUT2D eigenvalue weighted by Gasteiger charge is -2.19. The van der Waals surface area contributed by atoms with Gasteiger partial charge in [-0.25, -0.2) is 4.39 Å². The van der Waals surface area contributed by atoms with Crippen LogP contribution in [0.1, 0.15) is 30.5 Å². The third-order valence-corrected chi connectivity index (χ3v) is 5.03. The Morgan fingerprint density at radius 3 is 2.96 bits per heavy atom. The summed E-state index contributed by atoms with van der Waals surface area (Å²) >= 11 is 0. The molecule has 1 saturated heterocycles. The highest BCUT2D eigenvalue weighted by Crippen LogP contribution is 2.23. The van der Waals surface area contributed by atoms with E-state index in [1.807, 2.05) is 0 Å². The lowest BCUT2D eigenvalue weighted by atomic mass is 10.2. The summed E-state index contributed by atoms with van der Waals surface area (Å²) in [5.41, 5.74) is 0.221. The predicted molar refractivity (Wildman–Crippen MR) is 95.2 cm³/mol. The van der Waals surface area contributed by atoms with Gasteiger partial charge in [-0.3, -0.25) is 9.69 Å². The second-order valence-electron chi connectivity index (χ2n) is 6.83. The van der Waals surface area contributed by atoms with Crippen LogP contribution >= 0.6 is 0 Å². The predicted octanol–water partition coefficient (Wildman–Crippen LogP) is 1.34. The average Bonchev–Trinajstić information content (AvgIpc) is 3.25. The van der Waals surface area contributed by atoms with Crippen molar-refractivity contribution in [3.63, 3.8) is 0 Å². The summed E-state index contributed by atoms with van der Waals surface area (Å²) in [5, 5.41) is 14.9. The summed E-state index contributed by atoms with van der Waals surface area (Å²) in [5.74, 6) is 1.36. The SMILES string of the molecule is O=C(CN1CCc2nnc([C@H]3CCCN3)n2CC1)Nc1ccccc1F. The normalized spacial score (nSPS) is 20.6. The van der Waals surface area contributed by atoms with Crippen LogP contribution in [0.5, 0.6) is 0 Å². The minimum atomic E-state index is -0.420. The Kier molecular flexibility index (Phi) is 4.94. The maximum absolute atomic E-state index is 13.7. The van der Waals surface area contributed by atoms with Gasteiger partial charge >= 0.3 is 0 Å². The van der Waals surface area contributed by atoms with E-state index in [4.69, 9.17) is 0 Å². The Morgan fingerprint density at radius 2 is 2.15 bits per heavy atom. The molecule has 26 heavy (non-hydrogen) atoms. The monoisotopic (exact) mass is 358 g/mol. The Hall–Kier alpha value is -2.32. The number of nitrogens with zero attached hydrogens (tertiary/aromatic N) is 4. The molecular formula is C18H23FN6O. The summed E-state index contributed by atoms with van der Waals surface area (Å²) in [4.78, 5) is 14.3. The van der Waals surface area contributed by atoms with E-state index in [0.29, 0.717) is 0 Å². The number of anilines is 1. The van der Waals surface area contributed by atoms with E-state index in [1.54, 1.807) is 18.2 Å². The zero-order chi connectivity index (χ0) is 17.9. The second-order valence-corrected chi connectivity index (χ2v) is 6.83. The lowest BCUT2D eigenvalue weighted by Crippen LogP contribution is -2.35. The standard InChI is InChI=1S/C18H23FN6O/c19-13-4-1-2-5-14(13)21-17(26)12-24-9-7-16-22-23-18(25(16)11-10-24)15-6-3-8-20-15/h1-2,4-5,15,20H,3,6-12H2,(H,21,26)/t15-/m1/s1. The fourth-order valence-electron chi connectivity index (χ4n) is 3.67. The summed E-state index contributed by atoms with van der Waals surface area (Å²) in [6.45, 7) is 3.51. The van der Waals surface area contributed by atoms with E-state index in [1.165, 1.54) is 6.07 Å². The first kappa shape index (κ1) is 17.1. The first-order valence-electron chi connectivity index (χ1n) is 9.13. The number of carbonyl (C=O) groups is 1. The molecule has 1 atom stereocenters. The van der Waals surface area contributed by atoms with Crippen LogP contribution in [-0.4, -0.2) is 51.8 Å². The summed E-state index contributed by atoms with van der Waals surface area (Å²) < 4.78 is 15.9. The van der Waals surface area contributed by atoms with Gasteiger partial charge in [0, 0.05) is 26.1 Å². The van der Waals surface area contributed by atoms with Gasteiger partial charge in [-0.1, -0.05) is 12.1 Å². The minimum absolute atomic E-state index is 0.203. The van der Waals surface area contributed by atoms with Crippen molar-refractivity contribution in [3.8, 4) is 0 Å². The van der Waals surface area contributed by atoms with Crippen LogP contribution in [0.2, 0.25) is 0 Å². The average molecular weight is 358 g/mol. The first-order valence-corrected chi connectivity index (χ1v) is 9.13. The molecule has 0 aliphatic carbocycles. The highest BCUT2D eigenvalue weighted by molar-refractivity contribution is 5.92. The zero-order valence-corrected chi connectivity index (χ0v) is 14.6. The number of para-hydroxylation sites is 1. The van der Waals surface area contributed by atoms with Gasteiger partial charge in [0.2, 0.25) is 5.91 Å². The zero-order valence-electron chi connectivity index (χ0n) is 14.6. The second kappa shape index (κ2) is 7.51. The summed E-state index contributed by atoms with van der Waals surface area (Å²) in [6.07, 6.45) is 3.01. The van der Waals surface area contributed by atoms with Gasteiger partial charge in [0.05, 0.1) is 18.3 Å². The van der Waals surface area contributed by atoms with E-state index >= 15 is 0 Å². The Balaban J connectivity index is 1.37. The molecule has 1 aromatic heterocycles. The molecule has 2 aliphatic heterocycles. The van der Waals surface area contributed by atoms with E-state index in [2.05, 4.69) is 30.3 Å². The van der Waals surface area contributed by atoms with Gasteiger partial charge in [0.1, 0.15) is 17.5 Å². The molecule has 8 heteroatoms. The van der Waals surface area contributed by atoms with E-state index in [9.17, 15) is 9.18 Å². The van der Waals surface area contributed by atoms with Crippen molar-refractivity contribution in [2.75, 3.05) is 31.5 Å². The summed E-state index contributed by atoms with van der Waals surface area (Å²) in [7, 11) is 0. The van der Waals surface area contributed by atoms with Crippen molar-refractivity contribution < 1.29 is 9.18 Å². The van der Waals surface area contributed by atoms with E-state index in [-0.39, 0.29) is 24.2 Å². The van der Waals surface area contributed by atoms with Crippen molar-refractivity contribution >= 4 is 11.6 Å². The van der Waals surface area contributed by atoms with Gasteiger partial charge in [-0.2, -0.15) is 0 Å². The number of nitrogens with one attached hydrogen (secondary N) is 2. The molecule has 7 nitrogen and oxygen atoms in total. The fourth-order valence-corrected chi connectivity index (χ4v) is 3.67. The van der Waals surface area contributed by atoms with Crippen LogP contribution in [0.15, 0.2) is 24.3 Å². The molecule has 1 aromatic carbocycles. The number of carbonyl (C=O) groups excluding carboxylic acids is 1. The maximum Gasteiger partial charge on any atom is 0.238 e. The summed E-state index contributed by atoms with van der Waals surface area (Å²) in [6, 6.07) is 6.50. The van der Waals surface area contributed by atoms with Gasteiger partial charge in [-0.15, -0.1) is 10.2 Å². The van der Waals surface area contributed by atoms with Crippen LogP contribution in [0.25, 0.3) is 0 Å². The maximum atomic E-state index is 13.7. The molecule has 0 unspecified atom stereocenters. The molecule has 138 valence electrons. The molecule has 0 spiro atoms. The number of amides is 1. The van der Waals surface area contributed by atoms with Crippen molar-refractivity contribution in [1.29, 1.82) is 0 Å². The Labute approximate surface area is 151 Å². The molecule has 0 saturated carbocycles. The van der Waals surface area contributed by atoms with Crippen LogP contribution < -0.4 is 10.6 Å². The largest absolute Gasteiger partial charge is 0.322 e. The number of benzene rings is 1. The van der Waals surface area contributed by atoms with Crippen LogP contribution in [0, 0.1) is 5.82 Å². The molecule has 2 N–H and O–H groups in total. The third-order valence-electron chi connectivity index (χ3n) is 5.03. The van der Waals surface area contributed by atoms with Crippen molar-refractivity contribution in [3.05, 3.63) is 41.7 Å². The van der Waals surface area contributed by atoms with Gasteiger partial charge in [0.15, 0.2) is 0 Å². The fraction of sp³-hybridized carbons (Fsp3) is 0.500. The number of halogens is 1. The number of rotatable bonds is 4. The van der Waals surface area contributed by atoms with Crippen LogP contribution in [-0.2, 0) is 17.8 Å². The quantitative estimate of drug-likeness (QED) is 0.863. The Morgan fingerprint density at radius 1 is 1.27 bits per heavy atom. The molecule has 3 heterocycles. The first-order chi connectivity index (χ1) is 12.7. The molecule has 2 aromatic rings. The molecule has 1 amide bonds. The Bertz CT molecular complexity index is 786. The molecular weight excluding hydrogens is 335 g/mol. The molecule has 0 radical (unpaired) electrons. The number of fused-ring (bicyclic) bond motifs is 1. The molecule has 2 aliphatic rings. The third kappa shape index (κ3) is 3.61. The molecule has 0 bridgehead atoms. The molecule has 1 fully saturated rings. The van der Waals surface area contributed by atoms with Gasteiger partial charge in [0.25, 0.3) is 0 Å². The highest BCUT2D eigenvalue weighted by atomic mass is 19.1. The minimum Gasteiger partial charge on any atom is -0.322 e. The topological polar surface area (TPSA) is 75.1 Å². The van der Waals surface area contributed by atoms with Crippen molar-refractivity contribution in [2.24, 2.45) is 0 Å².